The van der Waals surface area contributed by atoms with E-state index in [2.05, 4.69) is 22.2 Å². The molecule has 0 amide bonds. The quantitative estimate of drug-likeness (QED) is 0.575. The van der Waals surface area contributed by atoms with E-state index >= 15 is 0 Å². The van der Waals surface area contributed by atoms with Gasteiger partial charge in [0.05, 0.1) is 16.8 Å². The van der Waals surface area contributed by atoms with Crippen molar-refractivity contribution in [1.82, 2.24) is 9.97 Å². The van der Waals surface area contributed by atoms with E-state index in [9.17, 15) is 18.4 Å². The van der Waals surface area contributed by atoms with Crippen molar-refractivity contribution in [1.29, 1.82) is 5.26 Å². The number of hydrogen-bond donors (Lipinski definition) is 2. The first kappa shape index (κ1) is 19.3. The number of H-pyrrole nitrogens is 1. The number of aromatic nitrogens is 2. The van der Waals surface area contributed by atoms with Gasteiger partial charge in [0.2, 0.25) is 0 Å². The minimum Gasteiger partial charge on any atom is -0.365 e. The Bertz CT molecular complexity index is 1100. The summed E-state index contributed by atoms with van der Waals surface area (Å²) in [6.07, 6.45) is 6.70. The molecule has 150 valence electrons. The van der Waals surface area contributed by atoms with Gasteiger partial charge >= 0.3 is 0 Å². The third kappa shape index (κ3) is 3.55. The molecule has 1 aliphatic carbocycles. The van der Waals surface area contributed by atoms with Crippen molar-refractivity contribution in [3.05, 3.63) is 47.4 Å². The second kappa shape index (κ2) is 7.78. The number of pyridine rings is 1. The average Bonchev–Trinajstić information content (AvgIpc) is 3.13. The zero-order chi connectivity index (χ0) is 20.5. The lowest BCUT2D eigenvalue weighted by molar-refractivity contribution is 0.316. The van der Waals surface area contributed by atoms with Crippen LogP contribution >= 0.6 is 0 Å². The summed E-state index contributed by atoms with van der Waals surface area (Å²) in [7, 11) is 0. The Morgan fingerprint density at radius 1 is 1.17 bits per heavy atom. The molecule has 2 unspecified atom stereocenters. The normalized spacial score (nSPS) is 19.3. The number of rotatable bonds is 4. The molecular formula is C22H21F3N4. The van der Waals surface area contributed by atoms with E-state index < -0.39 is 17.5 Å². The van der Waals surface area contributed by atoms with Crippen LogP contribution < -0.4 is 5.32 Å². The highest BCUT2D eigenvalue weighted by atomic mass is 19.1. The fraction of sp³-hybridized carbons (Fsp3) is 0.364. The largest absolute Gasteiger partial charge is 0.365 e. The Morgan fingerprint density at radius 3 is 2.72 bits per heavy atom. The smallest absolute Gasteiger partial charge is 0.166 e. The highest BCUT2D eigenvalue weighted by Crippen LogP contribution is 2.34. The third-order valence-corrected chi connectivity index (χ3v) is 5.81. The first-order chi connectivity index (χ1) is 14.0. The standard InChI is InChI=1S/C22H21F3N4/c1-2-12-5-3-4-6-19(12)28-22-18(25)7-13(10-26)20(29-22)16-11-27-21-15(16)8-14(23)9-17(21)24/h7-9,11-12,19,27H,2-6H2,1H3,(H,28,29). The van der Waals surface area contributed by atoms with Crippen LogP contribution in [0.5, 0.6) is 0 Å². The van der Waals surface area contributed by atoms with Gasteiger partial charge < -0.3 is 10.3 Å². The molecule has 1 fully saturated rings. The predicted molar refractivity (Wildman–Crippen MR) is 106 cm³/mol. The van der Waals surface area contributed by atoms with E-state index in [0.717, 1.165) is 44.2 Å². The number of nitrogens with zero attached hydrogens (tertiary/aromatic N) is 2. The van der Waals surface area contributed by atoms with Crippen LogP contribution in [0.25, 0.3) is 22.2 Å². The van der Waals surface area contributed by atoms with E-state index in [-0.39, 0.29) is 34.0 Å². The lowest BCUT2D eigenvalue weighted by atomic mass is 9.83. The van der Waals surface area contributed by atoms with Gasteiger partial charge in [-0.1, -0.05) is 26.2 Å². The Balaban J connectivity index is 1.80. The van der Waals surface area contributed by atoms with Crippen molar-refractivity contribution < 1.29 is 13.2 Å². The number of nitrogens with one attached hydrogen (secondary N) is 2. The zero-order valence-corrected chi connectivity index (χ0v) is 16.0. The van der Waals surface area contributed by atoms with Crippen LogP contribution in [0.1, 0.15) is 44.6 Å². The summed E-state index contributed by atoms with van der Waals surface area (Å²) in [5, 5.41) is 13.0. The lowest BCUT2D eigenvalue weighted by Crippen LogP contribution is -2.32. The second-order valence-corrected chi connectivity index (χ2v) is 7.54. The molecule has 1 aliphatic rings. The molecule has 2 N–H and O–H groups in total. The van der Waals surface area contributed by atoms with Crippen LogP contribution in [-0.4, -0.2) is 16.0 Å². The number of fused-ring (bicyclic) bond motifs is 1. The molecule has 4 rings (SSSR count). The molecule has 0 aliphatic heterocycles. The van der Waals surface area contributed by atoms with E-state index in [1.807, 2.05) is 6.07 Å². The van der Waals surface area contributed by atoms with Gasteiger partial charge in [0, 0.05) is 29.3 Å². The summed E-state index contributed by atoms with van der Waals surface area (Å²) in [4.78, 5) is 7.14. The molecule has 2 atom stereocenters. The van der Waals surface area contributed by atoms with Gasteiger partial charge in [-0.2, -0.15) is 5.26 Å². The van der Waals surface area contributed by atoms with Gasteiger partial charge in [-0.3, -0.25) is 0 Å². The summed E-state index contributed by atoms with van der Waals surface area (Å²) in [6, 6.07) is 5.13. The highest BCUT2D eigenvalue weighted by Gasteiger charge is 2.26. The molecule has 2 heterocycles. The highest BCUT2D eigenvalue weighted by molar-refractivity contribution is 5.96. The SMILES string of the molecule is CCC1CCCCC1Nc1nc(-c2c[nH]c3c(F)cc(F)cc23)c(C#N)cc1F. The number of hydrogen-bond acceptors (Lipinski definition) is 3. The van der Waals surface area contributed by atoms with Gasteiger partial charge in [-0.15, -0.1) is 0 Å². The number of anilines is 1. The van der Waals surface area contributed by atoms with Crippen molar-refractivity contribution in [2.75, 3.05) is 5.32 Å². The Kier molecular flexibility index (Phi) is 5.18. The van der Waals surface area contributed by atoms with Gasteiger partial charge in [-0.05, 0) is 30.9 Å². The van der Waals surface area contributed by atoms with Crippen LogP contribution in [0.15, 0.2) is 24.4 Å². The van der Waals surface area contributed by atoms with Crippen LogP contribution in [0, 0.1) is 34.7 Å². The van der Waals surface area contributed by atoms with E-state index in [4.69, 9.17) is 0 Å². The molecule has 0 radical (unpaired) electrons. The number of nitriles is 1. The summed E-state index contributed by atoms with van der Waals surface area (Å²) >= 11 is 0. The fourth-order valence-corrected chi connectivity index (χ4v) is 4.29. The first-order valence-corrected chi connectivity index (χ1v) is 9.85. The maximum absolute atomic E-state index is 14.7. The summed E-state index contributed by atoms with van der Waals surface area (Å²) < 4.78 is 42.5. The van der Waals surface area contributed by atoms with Crippen molar-refractivity contribution in [3.8, 4) is 17.3 Å². The molecule has 2 aromatic heterocycles. The summed E-state index contributed by atoms with van der Waals surface area (Å²) in [5.74, 6) is -1.58. The van der Waals surface area contributed by atoms with Crippen LogP contribution in [0.2, 0.25) is 0 Å². The minimum atomic E-state index is -0.738. The van der Waals surface area contributed by atoms with E-state index in [0.29, 0.717) is 11.5 Å². The van der Waals surface area contributed by atoms with Crippen molar-refractivity contribution >= 4 is 16.7 Å². The van der Waals surface area contributed by atoms with Crippen molar-refractivity contribution in [2.24, 2.45) is 5.92 Å². The fourth-order valence-electron chi connectivity index (χ4n) is 4.29. The molecule has 1 aromatic carbocycles. The van der Waals surface area contributed by atoms with Crippen LogP contribution in [0.3, 0.4) is 0 Å². The maximum atomic E-state index is 14.7. The van der Waals surface area contributed by atoms with E-state index in [1.54, 1.807) is 0 Å². The van der Waals surface area contributed by atoms with Gasteiger partial charge in [0.25, 0.3) is 0 Å². The maximum Gasteiger partial charge on any atom is 0.166 e. The molecule has 7 heteroatoms. The molecule has 0 spiro atoms. The summed E-state index contributed by atoms with van der Waals surface area (Å²) in [5.41, 5.74) is 0.670. The second-order valence-electron chi connectivity index (χ2n) is 7.54. The molecule has 0 saturated heterocycles. The van der Waals surface area contributed by atoms with Gasteiger partial charge in [0.15, 0.2) is 11.6 Å². The topological polar surface area (TPSA) is 64.5 Å². The van der Waals surface area contributed by atoms with Gasteiger partial charge in [-0.25, -0.2) is 18.2 Å². The molecule has 0 bridgehead atoms. The molecule has 1 saturated carbocycles. The Labute approximate surface area is 166 Å². The van der Waals surface area contributed by atoms with Crippen molar-refractivity contribution in [2.45, 2.75) is 45.1 Å². The summed E-state index contributed by atoms with van der Waals surface area (Å²) in [6.45, 7) is 2.12. The molecule has 4 nitrogen and oxygen atoms in total. The zero-order valence-electron chi connectivity index (χ0n) is 16.0. The molecular weight excluding hydrogens is 377 g/mol. The predicted octanol–water partition coefficient (Wildman–Crippen LogP) is 5.90. The lowest BCUT2D eigenvalue weighted by Gasteiger charge is -2.32. The number of aromatic amines is 1. The Hall–Kier alpha value is -3.01. The monoisotopic (exact) mass is 398 g/mol. The van der Waals surface area contributed by atoms with Crippen LogP contribution in [0.4, 0.5) is 19.0 Å². The third-order valence-electron chi connectivity index (χ3n) is 5.81. The molecule has 3 aromatic rings. The van der Waals surface area contributed by atoms with Crippen LogP contribution in [-0.2, 0) is 0 Å². The van der Waals surface area contributed by atoms with Crippen molar-refractivity contribution in [3.63, 3.8) is 0 Å². The van der Waals surface area contributed by atoms with E-state index in [1.165, 1.54) is 12.3 Å². The molecule has 29 heavy (non-hydrogen) atoms. The van der Waals surface area contributed by atoms with Gasteiger partial charge in [0.1, 0.15) is 17.7 Å². The minimum absolute atomic E-state index is 0.00862. The number of benzene rings is 1. The number of halogens is 3. The average molecular weight is 398 g/mol. The Morgan fingerprint density at radius 2 is 1.97 bits per heavy atom. The first-order valence-electron chi connectivity index (χ1n) is 9.85.